The predicted octanol–water partition coefficient (Wildman–Crippen LogP) is 4.94. The quantitative estimate of drug-likeness (QED) is 0.281. The molecule has 1 aliphatic heterocycles. The molecular formula is C30H30F3NO6. The van der Waals surface area contributed by atoms with Crippen LogP contribution in [0.4, 0.5) is 13.2 Å². The fourth-order valence-electron chi connectivity index (χ4n) is 4.36. The minimum Gasteiger partial charge on any atom is -0.463 e. The Morgan fingerprint density at radius 2 is 1.45 bits per heavy atom. The fraction of sp³-hybridized carbons (Fsp3) is 0.333. The highest BCUT2D eigenvalue weighted by Gasteiger charge is 2.47. The van der Waals surface area contributed by atoms with Gasteiger partial charge in [-0.05, 0) is 17.2 Å². The van der Waals surface area contributed by atoms with Gasteiger partial charge in [-0.2, -0.15) is 13.2 Å². The zero-order chi connectivity index (χ0) is 28.5. The summed E-state index contributed by atoms with van der Waals surface area (Å²) in [6.07, 6.45) is -7.91. The molecule has 0 spiro atoms. The van der Waals surface area contributed by atoms with Crippen LogP contribution in [0.25, 0.3) is 0 Å². The third kappa shape index (κ3) is 7.98. The van der Waals surface area contributed by atoms with Gasteiger partial charge in [-0.15, -0.1) is 0 Å². The first-order valence-electron chi connectivity index (χ1n) is 12.7. The molecule has 0 aliphatic carbocycles. The van der Waals surface area contributed by atoms with Crippen molar-refractivity contribution >= 4 is 12.2 Å². The van der Waals surface area contributed by atoms with Crippen molar-refractivity contribution in [1.29, 1.82) is 0 Å². The largest absolute Gasteiger partial charge is 0.463 e. The van der Waals surface area contributed by atoms with E-state index in [2.05, 4.69) is 4.99 Å². The number of hydrogen-bond donors (Lipinski definition) is 1. The van der Waals surface area contributed by atoms with Crippen LogP contribution in [-0.4, -0.2) is 54.5 Å². The van der Waals surface area contributed by atoms with Crippen LogP contribution >= 0.6 is 0 Å². The van der Waals surface area contributed by atoms with E-state index in [-0.39, 0.29) is 25.4 Å². The molecule has 0 amide bonds. The number of carbonyl (C=O) groups excluding carboxylic acids is 1. The van der Waals surface area contributed by atoms with Gasteiger partial charge in [-0.3, -0.25) is 9.79 Å². The predicted molar refractivity (Wildman–Crippen MR) is 140 cm³/mol. The molecule has 1 fully saturated rings. The summed E-state index contributed by atoms with van der Waals surface area (Å²) < 4.78 is 64.1. The van der Waals surface area contributed by atoms with Crippen molar-refractivity contribution in [2.75, 3.05) is 6.61 Å². The van der Waals surface area contributed by atoms with Crippen LogP contribution in [0.15, 0.2) is 89.9 Å². The first-order chi connectivity index (χ1) is 19.2. The van der Waals surface area contributed by atoms with Gasteiger partial charge in [0.2, 0.25) is 0 Å². The highest BCUT2D eigenvalue weighted by atomic mass is 19.4. The molecule has 1 unspecified atom stereocenters. The summed E-state index contributed by atoms with van der Waals surface area (Å²) in [6.45, 7) is 1.26. The van der Waals surface area contributed by atoms with Gasteiger partial charge in [0.1, 0.15) is 31.0 Å². The average Bonchev–Trinajstić information content (AvgIpc) is 2.94. The van der Waals surface area contributed by atoms with E-state index in [1.54, 1.807) is 0 Å². The molecule has 212 valence electrons. The van der Waals surface area contributed by atoms with E-state index in [1.165, 1.54) is 25.1 Å². The number of carbonyl (C=O) groups is 1. The molecule has 0 bridgehead atoms. The highest BCUT2D eigenvalue weighted by molar-refractivity contribution is 5.82. The van der Waals surface area contributed by atoms with Crippen LogP contribution in [0.3, 0.4) is 0 Å². The Hall–Kier alpha value is -3.57. The summed E-state index contributed by atoms with van der Waals surface area (Å²) in [6, 6.07) is 22.4. The summed E-state index contributed by atoms with van der Waals surface area (Å²) in [7, 11) is 0. The monoisotopic (exact) mass is 557 g/mol. The van der Waals surface area contributed by atoms with Crippen molar-refractivity contribution in [3.63, 3.8) is 0 Å². The van der Waals surface area contributed by atoms with Crippen molar-refractivity contribution < 1.29 is 42.0 Å². The number of aliphatic imine (C=N–C) groups is 1. The smallest absolute Gasteiger partial charge is 0.417 e. The van der Waals surface area contributed by atoms with Crippen LogP contribution in [0.2, 0.25) is 0 Å². The van der Waals surface area contributed by atoms with Crippen molar-refractivity contribution in [2.45, 2.75) is 57.0 Å². The third-order valence-corrected chi connectivity index (χ3v) is 6.31. The molecule has 1 aliphatic rings. The van der Waals surface area contributed by atoms with Crippen LogP contribution in [0.5, 0.6) is 0 Å². The number of alkyl halides is 3. The second-order valence-corrected chi connectivity index (χ2v) is 9.24. The van der Waals surface area contributed by atoms with Crippen LogP contribution in [-0.2, 0) is 43.1 Å². The Morgan fingerprint density at radius 3 is 2.02 bits per heavy atom. The number of halogens is 3. The number of hydrogen-bond acceptors (Lipinski definition) is 7. The molecule has 0 aromatic heterocycles. The second kappa shape index (κ2) is 13.7. The Morgan fingerprint density at radius 1 is 0.900 bits per heavy atom. The van der Waals surface area contributed by atoms with E-state index in [9.17, 15) is 23.1 Å². The van der Waals surface area contributed by atoms with Gasteiger partial charge in [-0.1, -0.05) is 78.9 Å². The van der Waals surface area contributed by atoms with E-state index in [0.717, 1.165) is 23.4 Å². The molecule has 40 heavy (non-hydrogen) atoms. The molecule has 10 heteroatoms. The number of rotatable bonds is 10. The standard InChI is InChI=1S/C30H30F3NO6/c1-20(35)37-19-25-27(38-17-21-10-4-2-5-11-21)28(39-18-22-12-6-3-7-13-22)26(29(36)40-25)34-16-23-14-8-9-15-24(23)30(31,32)33/h2-16,25-29,36H,17-19H2,1H3/t25-,26-,27+,28-,29?/m1/s1. The summed E-state index contributed by atoms with van der Waals surface area (Å²) in [5.41, 5.74) is 0.636. The van der Waals surface area contributed by atoms with Gasteiger partial charge in [0.15, 0.2) is 6.29 Å². The van der Waals surface area contributed by atoms with E-state index in [0.29, 0.717) is 0 Å². The Bertz CT molecular complexity index is 1260. The van der Waals surface area contributed by atoms with Crippen molar-refractivity contribution in [1.82, 2.24) is 0 Å². The van der Waals surface area contributed by atoms with Crippen LogP contribution in [0.1, 0.15) is 29.2 Å². The zero-order valence-corrected chi connectivity index (χ0v) is 21.7. The van der Waals surface area contributed by atoms with E-state index in [1.807, 2.05) is 60.7 Å². The number of esters is 1. The number of aliphatic hydroxyl groups excluding tert-OH is 1. The van der Waals surface area contributed by atoms with Crippen molar-refractivity contribution in [3.8, 4) is 0 Å². The molecule has 1 heterocycles. The van der Waals surface area contributed by atoms with Gasteiger partial charge in [0, 0.05) is 18.7 Å². The summed E-state index contributed by atoms with van der Waals surface area (Å²) >= 11 is 0. The number of nitrogens with zero attached hydrogens (tertiary/aromatic N) is 1. The highest BCUT2D eigenvalue weighted by Crippen LogP contribution is 2.32. The Kier molecular flexibility index (Phi) is 10.1. The minimum atomic E-state index is -4.59. The van der Waals surface area contributed by atoms with Gasteiger partial charge in [0.05, 0.1) is 18.8 Å². The van der Waals surface area contributed by atoms with Gasteiger partial charge in [0.25, 0.3) is 0 Å². The molecule has 5 atom stereocenters. The molecule has 7 nitrogen and oxygen atoms in total. The molecular weight excluding hydrogens is 527 g/mol. The Labute approximate surface area is 230 Å². The third-order valence-electron chi connectivity index (χ3n) is 6.31. The SMILES string of the molecule is CC(=O)OC[C@H]1OC(O)[C@H](N=Cc2ccccc2C(F)(F)F)[C@@H](OCc2ccccc2)[C@H]1OCc1ccccc1. The number of aliphatic hydroxyl groups is 1. The maximum atomic E-state index is 13.6. The average molecular weight is 558 g/mol. The van der Waals surface area contributed by atoms with Gasteiger partial charge < -0.3 is 24.1 Å². The van der Waals surface area contributed by atoms with Crippen LogP contribution in [0, 0.1) is 0 Å². The molecule has 4 rings (SSSR count). The normalized spacial score (nSPS) is 23.3. The van der Waals surface area contributed by atoms with E-state index in [4.69, 9.17) is 18.9 Å². The maximum Gasteiger partial charge on any atom is 0.417 e. The Balaban J connectivity index is 1.67. The second-order valence-electron chi connectivity index (χ2n) is 9.24. The van der Waals surface area contributed by atoms with Gasteiger partial charge >= 0.3 is 12.1 Å². The summed E-state index contributed by atoms with van der Waals surface area (Å²) in [4.78, 5) is 15.9. The lowest BCUT2D eigenvalue weighted by Crippen LogP contribution is -2.60. The fourth-order valence-corrected chi connectivity index (χ4v) is 4.36. The molecule has 0 radical (unpaired) electrons. The summed E-state index contributed by atoms with van der Waals surface area (Å²) in [5, 5.41) is 10.9. The molecule has 3 aromatic rings. The number of ether oxygens (including phenoxy) is 4. The number of benzene rings is 3. The van der Waals surface area contributed by atoms with Crippen molar-refractivity contribution in [2.24, 2.45) is 4.99 Å². The van der Waals surface area contributed by atoms with E-state index >= 15 is 0 Å². The van der Waals surface area contributed by atoms with Gasteiger partial charge in [-0.25, -0.2) is 0 Å². The first kappa shape index (κ1) is 29.4. The van der Waals surface area contributed by atoms with E-state index < -0.39 is 48.4 Å². The lowest BCUT2D eigenvalue weighted by Gasteiger charge is -2.43. The molecule has 1 saturated heterocycles. The lowest BCUT2D eigenvalue weighted by molar-refractivity contribution is -0.271. The zero-order valence-electron chi connectivity index (χ0n) is 21.7. The first-order valence-corrected chi connectivity index (χ1v) is 12.7. The molecule has 1 N–H and O–H groups in total. The van der Waals surface area contributed by atoms with Crippen molar-refractivity contribution in [3.05, 3.63) is 107 Å². The summed E-state index contributed by atoms with van der Waals surface area (Å²) in [5.74, 6) is -0.550. The molecule has 3 aromatic carbocycles. The van der Waals surface area contributed by atoms with Crippen LogP contribution < -0.4 is 0 Å². The lowest BCUT2D eigenvalue weighted by atomic mass is 9.96. The molecule has 0 saturated carbocycles. The minimum absolute atomic E-state index is 0.106. The maximum absolute atomic E-state index is 13.6. The topological polar surface area (TPSA) is 86.6 Å².